The molecule has 22 heavy (non-hydrogen) atoms. The van der Waals surface area contributed by atoms with E-state index in [0.29, 0.717) is 5.56 Å². The Labute approximate surface area is 132 Å². The lowest BCUT2D eigenvalue weighted by Gasteiger charge is -2.43. The molecular weight excluding hydrogens is 280 g/mol. The lowest BCUT2D eigenvalue weighted by Crippen LogP contribution is -2.49. The zero-order valence-electron chi connectivity index (χ0n) is 13.6. The Balaban J connectivity index is 2.38. The van der Waals surface area contributed by atoms with Crippen LogP contribution in [0, 0.1) is 5.41 Å². The van der Waals surface area contributed by atoms with Crippen LogP contribution in [0.4, 0.5) is 0 Å². The third-order valence-electron chi connectivity index (χ3n) is 4.29. The van der Waals surface area contributed by atoms with Crippen molar-refractivity contribution >= 4 is 5.97 Å². The Morgan fingerprint density at radius 2 is 2.09 bits per heavy atom. The van der Waals surface area contributed by atoms with Crippen molar-refractivity contribution in [2.24, 2.45) is 5.41 Å². The van der Waals surface area contributed by atoms with Crippen LogP contribution in [0.3, 0.4) is 0 Å². The summed E-state index contributed by atoms with van der Waals surface area (Å²) in [5, 5.41) is 13.2. The van der Waals surface area contributed by atoms with E-state index in [0.717, 1.165) is 31.7 Å². The molecule has 1 fully saturated rings. The Kier molecular flexibility index (Phi) is 5.56. The fourth-order valence-corrected chi connectivity index (χ4v) is 3.14. The van der Waals surface area contributed by atoms with Crippen LogP contribution in [0.25, 0.3) is 0 Å². The lowest BCUT2D eigenvalue weighted by atomic mass is 9.79. The zero-order valence-corrected chi connectivity index (χ0v) is 13.6. The predicted molar refractivity (Wildman–Crippen MR) is 85.8 cm³/mol. The van der Waals surface area contributed by atoms with Crippen LogP contribution in [0.15, 0.2) is 24.3 Å². The first-order chi connectivity index (χ1) is 10.5. The molecule has 5 heteroatoms. The fraction of sp³-hybridized carbons (Fsp3) is 0.588. The number of esters is 1. The molecule has 1 aromatic rings. The van der Waals surface area contributed by atoms with Crippen molar-refractivity contribution in [1.29, 1.82) is 0 Å². The zero-order chi connectivity index (χ0) is 16.2. The number of ether oxygens (including phenoxy) is 1. The predicted octanol–water partition coefficient (Wildman–Crippen LogP) is 1.44. The highest BCUT2D eigenvalue weighted by Crippen LogP contribution is 2.38. The lowest BCUT2D eigenvalue weighted by molar-refractivity contribution is 0.0304. The number of hydrogen-bond acceptors (Lipinski definition) is 5. The number of hydrogen-bond donors (Lipinski definition) is 2. The number of methoxy groups -OCH3 is 1. The number of carbonyl (C=O) groups is 1. The van der Waals surface area contributed by atoms with Crippen molar-refractivity contribution in [2.75, 3.05) is 39.9 Å². The van der Waals surface area contributed by atoms with E-state index in [1.807, 2.05) is 18.2 Å². The second kappa shape index (κ2) is 7.22. The second-order valence-electron chi connectivity index (χ2n) is 6.45. The molecule has 0 radical (unpaired) electrons. The number of nitrogens with one attached hydrogen (secondary N) is 1. The highest BCUT2D eigenvalue weighted by molar-refractivity contribution is 5.89. The average molecular weight is 306 g/mol. The summed E-state index contributed by atoms with van der Waals surface area (Å²) in [6, 6.07) is 7.61. The fourth-order valence-electron chi connectivity index (χ4n) is 3.14. The quantitative estimate of drug-likeness (QED) is 0.806. The number of piperazine rings is 1. The number of aliphatic hydroxyl groups is 1. The van der Waals surface area contributed by atoms with Crippen molar-refractivity contribution in [1.82, 2.24) is 10.2 Å². The van der Waals surface area contributed by atoms with Gasteiger partial charge >= 0.3 is 5.97 Å². The van der Waals surface area contributed by atoms with Gasteiger partial charge in [0.25, 0.3) is 0 Å². The molecule has 0 spiro atoms. The van der Waals surface area contributed by atoms with Gasteiger partial charge in [0.1, 0.15) is 0 Å². The third-order valence-corrected chi connectivity index (χ3v) is 4.29. The van der Waals surface area contributed by atoms with E-state index in [-0.39, 0.29) is 24.0 Å². The van der Waals surface area contributed by atoms with Crippen molar-refractivity contribution in [3.8, 4) is 0 Å². The highest BCUT2D eigenvalue weighted by Gasteiger charge is 2.35. The molecule has 0 bridgehead atoms. The van der Waals surface area contributed by atoms with E-state index < -0.39 is 0 Å². The molecule has 2 rings (SSSR count). The number of benzene rings is 1. The molecule has 0 unspecified atom stereocenters. The van der Waals surface area contributed by atoms with Crippen LogP contribution < -0.4 is 5.32 Å². The van der Waals surface area contributed by atoms with E-state index in [1.165, 1.54) is 7.11 Å². The van der Waals surface area contributed by atoms with Crippen LogP contribution in [0.5, 0.6) is 0 Å². The summed E-state index contributed by atoms with van der Waals surface area (Å²) < 4.78 is 4.82. The van der Waals surface area contributed by atoms with Crippen molar-refractivity contribution in [3.63, 3.8) is 0 Å². The SMILES string of the molecule is COC(=O)c1cccc([C@@H](N2CCNCC2)C(C)(C)CO)c1. The van der Waals surface area contributed by atoms with Crippen molar-refractivity contribution < 1.29 is 14.6 Å². The van der Waals surface area contributed by atoms with Gasteiger partial charge in [-0.3, -0.25) is 4.90 Å². The van der Waals surface area contributed by atoms with Crippen LogP contribution in [0.2, 0.25) is 0 Å². The molecule has 2 N–H and O–H groups in total. The number of aliphatic hydroxyl groups excluding tert-OH is 1. The monoisotopic (exact) mass is 306 g/mol. The summed E-state index contributed by atoms with van der Waals surface area (Å²) in [4.78, 5) is 14.2. The minimum atomic E-state index is -0.331. The molecule has 0 aliphatic carbocycles. The Morgan fingerprint density at radius 1 is 1.41 bits per heavy atom. The van der Waals surface area contributed by atoms with Gasteiger partial charge in [-0.1, -0.05) is 26.0 Å². The molecule has 1 aromatic carbocycles. The van der Waals surface area contributed by atoms with E-state index in [1.54, 1.807) is 6.07 Å². The number of nitrogens with zero attached hydrogens (tertiary/aromatic N) is 1. The molecule has 122 valence electrons. The van der Waals surface area contributed by atoms with Gasteiger partial charge in [0.15, 0.2) is 0 Å². The average Bonchev–Trinajstić information content (AvgIpc) is 2.55. The van der Waals surface area contributed by atoms with Crippen LogP contribution in [-0.4, -0.2) is 55.9 Å². The molecule has 0 amide bonds. The van der Waals surface area contributed by atoms with E-state index >= 15 is 0 Å². The first-order valence-corrected chi connectivity index (χ1v) is 7.73. The maximum Gasteiger partial charge on any atom is 0.337 e. The summed E-state index contributed by atoms with van der Waals surface area (Å²) in [5.41, 5.74) is 1.30. The molecule has 1 aliphatic heterocycles. The van der Waals surface area contributed by atoms with Gasteiger partial charge in [-0.15, -0.1) is 0 Å². The molecule has 0 saturated carbocycles. The molecule has 0 aromatic heterocycles. The van der Waals surface area contributed by atoms with Gasteiger partial charge in [0.2, 0.25) is 0 Å². The highest BCUT2D eigenvalue weighted by atomic mass is 16.5. The summed E-state index contributed by atoms with van der Waals surface area (Å²) in [6.45, 7) is 7.94. The Morgan fingerprint density at radius 3 is 2.68 bits per heavy atom. The first kappa shape index (κ1) is 16.9. The molecule has 5 nitrogen and oxygen atoms in total. The second-order valence-corrected chi connectivity index (χ2v) is 6.45. The minimum Gasteiger partial charge on any atom is -0.465 e. The van der Waals surface area contributed by atoms with E-state index in [4.69, 9.17) is 4.74 Å². The van der Waals surface area contributed by atoms with Gasteiger partial charge in [0.05, 0.1) is 12.7 Å². The summed E-state index contributed by atoms with van der Waals surface area (Å²) in [7, 11) is 1.39. The molecule has 1 heterocycles. The van der Waals surface area contributed by atoms with Crippen LogP contribution in [-0.2, 0) is 4.74 Å². The smallest absolute Gasteiger partial charge is 0.337 e. The minimum absolute atomic E-state index is 0.0595. The molecule has 1 aliphatic rings. The molecule has 1 saturated heterocycles. The summed E-state index contributed by atoms with van der Waals surface area (Å²) in [6.07, 6.45) is 0. The molecule has 1 atom stereocenters. The van der Waals surface area contributed by atoms with Gasteiger partial charge < -0.3 is 15.2 Å². The number of rotatable bonds is 5. The summed E-state index contributed by atoms with van der Waals surface area (Å²) >= 11 is 0. The standard InChI is InChI=1S/C17H26N2O3/c1-17(2,12-20)15(19-9-7-18-8-10-19)13-5-4-6-14(11-13)16(21)22-3/h4-6,11,15,18,20H,7-10,12H2,1-3H3/t15-/m1/s1. The van der Waals surface area contributed by atoms with E-state index in [9.17, 15) is 9.90 Å². The van der Waals surface area contributed by atoms with Crippen LogP contribution >= 0.6 is 0 Å². The van der Waals surface area contributed by atoms with Gasteiger partial charge in [-0.05, 0) is 17.7 Å². The maximum absolute atomic E-state index is 11.8. The van der Waals surface area contributed by atoms with Gasteiger partial charge in [-0.2, -0.15) is 0 Å². The first-order valence-electron chi connectivity index (χ1n) is 7.73. The van der Waals surface area contributed by atoms with Gasteiger partial charge in [-0.25, -0.2) is 4.79 Å². The van der Waals surface area contributed by atoms with Crippen molar-refractivity contribution in [3.05, 3.63) is 35.4 Å². The van der Waals surface area contributed by atoms with Crippen LogP contribution in [0.1, 0.15) is 35.8 Å². The third kappa shape index (κ3) is 3.66. The van der Waals surface area contributed by atoms with E-state index in [2.05, 4.69) is 24.1 Å². The Hall–Kier alpha value is -1.43. The largest absolute Gasteiger partial charge is 0.465 e. The molecular formula is C17H26N2O3. The maximum atomic E-state index is 11.8. The normalized spacial score (nSPS) is 18.0. The van der Waals surface area contributed by atoms with Gasteiger partial charge in [0, 0.05) is 44.2 Å². The topological polar surface area (TPSA) is 61.8 Å². The number of carbonyl (C=O) groups excluding carboxylic acids is 1. The Bertz CT molecular complexity index is 510. The van der Waals surface area contributed by atoms with Crippen molar-refractivity contribution in [2.45, 2.75) is 19.9 Å². The summed E-state index contributed by atoms with van der Waals surface area (Å²) in [5.74, 6) is -0.331.